The van der Waals surface area contributed by atoms with Crippen molar-refractivity contribution in [2.24, 2.45) is 0 Å². The second-order valence-electron chi connectivity index (χ2n) is 7.75. The minimum absolute atomic E-state index is 0.0688. The lowest BCUT2D eigenvalue weighted by Crippen LogP contribution is -2.24. The summed E-state index contributed by atoms with van der Waals surface area (Å²) in [7, 11) is 1.30. The zero-order valence-corrected chi connectivity index (χ0v) is 16.7. The summed E-state index contributed by atoms with van der Waals surface area (Å²) in [6, 6.07) is 12.9. The van der Waals surface area contributed by atoms with Crippen LogP contribution >= 0.6 is 0 Å². The third-order valence-corrected chi connectivity index (χ3v) is 4.56. The zero-order valence-electron chi connectivity index (χ0n) is 16.7. The van der Waals surface area contributed by atoms with Crippen LogP contribution in [0.3, 0.4) is 0 Å². The number of benzene rings is 2. The molecule has 3 rings (SSSR count). The molecule has 0 amide bonds. The number of carbonyl (C=O) groups excluding carboxylic acids is 2. The van der Waals surface area contributed by atoms with Crippen LogP contribution in [0, 0.1) is 0 Å². The molecule has 0 aliphatic carbocycles. The molecule has 1 aliphatic rings. The number of ether oxygens (including phenoxy) is 3. The van der Waals surface area contributed by atoms with Gasteiger partial charge in [-0.15, -0.1) is 0 Å². The summed E-state index contributed by atoms with van der Waals surface area (Å²) in [6.07, 6.45) is 0.975. The molecule has 5 nitrogen and oxygen atoms in total. The molecule has 0 bridgehead atoms. The molecule has 0 unspecified atom stereocenters. The molecule has 146 valence electrons. The van der Waals surface area contributed by atoms with E-state index in [-0.39, 0.29) is 17.0 Å². The topological polar surface area (TPSA) is 61.8 Å². The van der Waals surface area contributed by atoms with Crippen LogP contribution in [0.25, 0.3) is 6.08 Å². The first-order valence-electron chi connectivity index (χ1n) is 9.12. The first-order valence-corrected chi connectivity index (χ1v) is 9.12. The maximum absolute atomic E-state index is 12.6. The number of esters is 1. The Hall–Kier alpha value is -3.08. The average Bonchev–Trinajstić information content (AvgIpc) is 2.95. The van der Waals surface area contributed by atoms with Crippen molar-refractivity contribution in [3.63, 3.8) is 0 Å². The predicted octanol–water partition coefficient (Wildman–Crippen LogP) is 4.54. The van der Waals surface area contributed by atoms with Crippen molar-refractivity contribution in [3.05, 3.63) is 64.9 Å². The molecule has 1 heterocycles. The molecule has 2 aromatic carbocycles. The minimum Gasteiger partial charge on any atom is -0.479 e. The van der Waals surface area contributed by atoms with E-state index in [1.165, 1.54) is 12.7 Å². The number of rotatable bonds is 4. The van der Waals surface area contributed by atoms with Crippen LogP contribution in [0.2, 0.25) is 0 Å². The van der Waals surface area contributed by atoms with E-state index in [1.54, 1.807) is 31.2 Å². The van der Waals surface area contributed by atoms with Crippen LogP contribution in [0.1, 0.15) is 49.2 Å². The van der Waals surface area contributed by atoms with Crippen LogP contribution < -0.4 is 9.47 Å². The quantitative estimate of drug-likeness (QED) is 0.576. The van der Waals surface area contributed by atoms with Gasteiger partial charge in [0.05, 0.1) is 12.7 Å². The van der Waals surface area contributed by atoms with E-state index in [2.05, 4.69) is 37.6 Å². The largest absolute Gasteiger partial charge is 0.479 e. The highest BCUT2D eigenvalue weighted by Gasteiger charge is 2.28. The fourth-order valence-corrected chi connectivity index (χ4v) is 2.89. The Bertz CT molecular complexity index is 932. The van der Waals surface area contributed by atoms with Crippen LogP contribution in [0.15, 0.2) is 48.2 Å². The van der Waals surface area contributed by atoms with Crippen molar-refractivity contribution >= 4 is 17.8 Å². The Morgan fingerprint density at radius 3 is 2.39 bits per heavy atom. The third kappa shape index (κ3) is 4.09. The van der Waals surface area contributed by atoms with Crippen molar-refractivity contribution in [3.8, 4) is 11.5 Å². The second-order valence-corrected chi connectivity index (χ2v) is 7.75. The molecule has 0 aromatic heterocycles. The maximum atomic E-state index is 12.6. The van der Waals surface area contributed by atoms with Gasteiger partial charge in [-0.3, -0.25) is 4.79 Å². The van der Waals surface area contributed by atoms with Gasteiger partial charge in [0, 0.05) is 6.07 Å². The van der Waals surface area contributed by atoms with Gasteiger partial charge >= 0.3 is 5.97 Å². The molecule has 1 atom stereocenters. The van der Waals surface area contributed by atoms with Gasteiger partial charge in [-0.2, -0.15) is 0 Å². The summed E-state index contributed by atoms with van der Waals surface area (Å²) in [5.41, 5.74) is 2.65. The lowest BCUT2D eigenvalue weighted by atomic mass is 9.86. The van der Waals surface area contributed by atoms with Crippen LogP contribution in [0.5, 0.6) is 11.5 Å². The molecular weight excluding hydrogens is 356 g/mol. The standard InChI is InChI=1S/C23H24O5/c1-14(22(25)26-5)27-17-10-11-18-19(13-17)28-20(21(18)24)12-15-6-8-16(9-7-15)23(2,3)4/h6-14H,1-5H3/b20-12+/t14-/m0/s1. The highest BCUT2D eigenvalue weighted by Crippen LogP contribution is 2.35. The fourth-order valence-electron chi connectivity index (χ4n) is 2.89. The van der Waals surface area contributed by atoms with Gasteiger partial charge in [-0.1, -0.05) is 45.0 Å². The molecule has 0 saturated heterocycles. The molecule has 0 fully saturated rings. The first-order chi connectivity index (χ1) is 13.2. The van der Waals surface area contributed by atoms with Gasteiger partial charge in [0.1, 0.15) is 11.5 Å². The number of Topliss-reactive ketones (excluding diaryl/α,β-unsaturated/α-hetero) is 1. The van der Waals surface area contributed by atoms with Gasteiger partial charge in [-0.05, 0) is 41.7 Å². The van der Waals surface area contributed by atoms with Gasteiger partial charge in [0.15, 0.2) is 11.9 Å². The van der Waals surface area contributed by atoms with E-state index in [1.807, 2.05) is 12.1 Å². The second kappa shape index (κ2) is 7.50. The number of fused-ring (bicyclic) bond motifs is 1. The lowest BCUT2D eigenvalue weighted by Gasteiger charge is -2.18. The van der Waals surface area contributed by atoms with Crippen LogP contribution in [0.4, 0.5) is 0 Å². The van der Waals surface area contributed by atoms with Crippen molar-refractivity contribution in [2.75, 3.05) is 7.11 Å². The summed E-state index contributed by atoms with van der Waals surface area (Å²) in [6.45, 7) is 8.06. The molecular formula is C23H24O5. The third-order valence-electron chi connectivity index (χ3n) is 4.56. The lowest BCUT2D eigenvalue weighted by molar-refractivity contribution is -0.147. The molecule has 0 spiro atoms. The molecule has 28 heavy (non-hydrogen) atoms. The predicted molar refractivity (Wildman–Crippen MR) is 107 cm³/mol. The van der Waals surface area contributed by atoms with Gasteiger partial charge in [0.25, 0.3) is 0 Å². The Balaban J connectivity index is 1.79. The highest BCUT2D eigenvalue weighted by atomic mass is 16.6. The highest BCUT2D eigenvalue weighted by molar-refractivity contribution is 6.14. The molecule has 0 radical (unpaired) electrons. The number of hydrogen-bond acceptors (Lipinski definition) is 5. The zero-order chi connectivity index (χ0) is 20.5. The normalized spacial score (nSPS) is 15.8. The minimum atomic E-state index is -0.753. The van der Waals surface area contributed by atoms with Crippen LogP contribution in [-0.2, 0) is 14.9 Å². The molecule has 0 saturated carbocycles. The Morgan fingerprint density at radius 2 is 1.79 bits per heavy atom. The van der Waals surface area contributed by atoms with Gasteiger partial charge < -0.3 is 14.2 Å². The monoisotopic (exact) mass is 380 g/mol. The van der Waals surface area contributed by atoms with E-state index in [9.17, 15) is 9.59 Å². The molecule has 1 aliphatic heterocycles. The smallest absolute Gasteiger partial charge is 0.346 e. The summed E-state index contributed by atoms with van der Waals surface area (Å²) in [5, 5.41) is 0. The molecule has 5 heteroatoms. The van der Waals surface area contributed by atoms with Crippen LogP contribution in [-0.4, -0.2) is 25.0 Å². The summed E-state index contributed by atoms with van der Waals surface area (Å²) in [5.74, 6) is 0.452. The van der Waals surface area contributed by atoms with E-state index < -0.39 is 12.1 Å². The maximum Gasteiger partial charge on any atom is 0.346 e. The average molecular weight is 380 g/mol. The molecule has 2 aromatic rings. The van der Waals surface area contributed by atoms with Gasteiger partial charge in [0.2, 0.25) is 5.78 Å². The van der Waals surface area contributed by atoms with Crippen molar-refractivity contribution in [2.45, 2.75) is 39.2 Å². The van der Waals surface area contributed by atoms with E-state index in [0.717, 1.165) is 5.56 Å². The number of ketones is 1. The van der Waals surface area contributed by atoms with E-state index >= 15 is 0 Å². The van der Waals surface area contributed by atoms with Crippen molar-refractivity contribution in [1.29, 1.82) is 0 Å². The van der Waals surface area contributed by atoms with Crippen molar-refractivity contribution in [1.82, 2.24) is 0 Å². The SMILES string of the molecule is COC(=O)[C@H](C)Oc1ccc2c(c1)O/C(=C/c1ccc(C(C)(C)C)cc1)C2=O. The Labute approximate surface area is 164 Å². The molecule has 0 N–H and O–H groups in total. The summed E-state index contributed by atoms with van der Waals surface area (Å²) in [4.78, 5) is 24.1. The van der Waals surface area contributed by atoms with E-state index in [0.29, 0.717) is 17.1 Å². The van der Waals surface area contributed by atoms with Gasteiger partial charge in [-0.25, -0.2) is 4.79 Å². The Morgan fingerprint density at radius 1 is 1.11 bits per heavy atom. The van der Waals surface area contributed by atoms with Crippen molar-refractivity contribution < 1.29 is 23.8 Å². The fraction of sp³-hybridized carbons (Fsp3) is 0.304. The first kappa shape index (κ1) is 19.7. The number of methoxy groups -OCH3 is 1. The summed E-state index contributed by atoms with van der Waals surface area (Å²) >= 11 is 0. The number of allylic oxidation sites excluding steroid dienone is 1. The Kier molecular flexibility index (Phi) is 5.27. The number of carbonyl (C=O) groups is 2. The summed E-state index contributed by atoms with van der Waals surface area (Å²) < 4.78 is 15.9. The number of hydrogen-bond donors (Lipinski definition) is 0. The van der Waals surface area contributed by atoms with E-state index in [4.69, 9.17) is 9.47 Å².